The first-order chi connectivity index (χ1) is 8.29. The van der Waals surface area contributed by atoms with Gasteiger partial charge in [0, 0.05) is 25.4 Å². The smallest absolute Gasteiger partial charge is 0.189 e. The maximum Gasteiger partial charge on any atom is 0.189 e. The van der Waals surface area contributed by atoms with Gasteiger partial charge in [-0.2, -0.15) is 0 Å². The number of carbonyl (C=O) groups is 1. The van der Waals surface area contributed by atoms with Crippen molar-refractivity contribution in [2.75, 3.05) is 6.54 Å². The van der Waals surface area contributed by atoms with Crippen LogP contribution < -0.4 is 5.73 Å². The molecule has 0 aliphatic carbocycles. The maximum atomic E-state index is 11.9. The van der Waals surface area contributed by atoms with Crippen LogP contribution in [0.3, 0.4) is 0 Å². The predicted molar refractivity (Wildman–Crippen MR) is 61.3 cm³/mol. The van der Waals surface area contributed by atoms with Gasteiger partial charge in [0.2, 0.25) is 0 Å². The van der Waals surface area contributed by atoms with Crippen LogP contribution >= 0.6 is 0 Å². The summed E-state index contributed by atoms with van der Waals surface area (Å²) in [6.45, 7) is 1.03. The van der Waals surface area contributed by atoms with Crippen molar-refractivity contribution >= 4 is 5.78 Å². The number of nitrogens with zero attached hydrogens (tertiary/aromatic N) is 4. The third-order valence-electron chi connectivity index (χ3n) is 2.27. The number of rotatable bonds is 5. The average molecular weight is 231 g/mol. The summed E-state index contributed by atoms with van der Waals surface area (Å²) in [5, 5.41) is 7.64. The maximum absolute atomic E-state index is 11.9. The summed E-state index contributed by atoms with van der Waals surface area (Å²) < 4.78 is 1.57. The number of ketones is 1. The number of hydrogen-bond donors (Lipinski definition) is 1. The first-order valence-corrected chi connectivity index (χ1v) is 5.32. The van der Waals surface area contributed by atoms with Crippen LogP contribution in [0.25, 0.3) is 0 Å². The second-order valence-electron chi connectivity index (χ2n) is 3.62. The Kier molecular flexibility index (Phi) is 3.56. The normalized spacial score (nSPS) is 10.4. The highest BCUT2D eigenvalue weighted by Crippen LogP contribution is 2.03. The van der Waals surface area contributed by atoms with Crippen LogP contribution in [-0.2, 0) is 13.0 Å². The van der Waals surface area contributed by atoms with Crippen LogP contribution in [0.4, 0.5) is 0 Å². The summed E-state index contributed by atoms with van der Waals surface area (Å²) >= 11 is 0. The van der Waals surface area contributed by atoms with E-state index < -0.39 is 0 Å². The molecular weight excluding hydrogens is 218 g/mol. The van der Waals surface area contributed by atoms with E-state index in [1.54, 1.807) is 29.3 Å². The molecule has 0 fully saturated rings. The number of Topliss-reactive ketones (excluding diaryl/α,β-unsaturated/α-hetero) is 1. The molecule has 2 heterocycles. The highest BCUT2D eigenvalue weighted by molar-refractivity contribution is 5.95. The van der Waals surface area contributed by atoms with Gasteiger partial charge in [0.05, 0.1) is 12.7 Å². The summed E-state index contributed by atoms with van der Waals surface area (Å²) in [5.41, 5.74) is 6.62. The number of nitrogens with two attached hydrogens (primary N) is 1. The SMILES string of the molecule is NCCn1cc(C(=O)Cc2cccnc2)nn1. The van der Waals surface area contributed by atoms with E-state index in [1.807, 2.05) is 6.07 Å². The van der Waals surface area contributed by atoms with E-state index in [-0.39, 0.29) is 12.2 Å². The largest absolute Gasteiger partial charge is 0.329 e. The molecule has 0 bridgehead atoms. The summed E-state index contributed by atoms with van der Waals surface area (Å²) in [7, 11) is 0. The van der Waals surface area contributed by atoms with Crippen molar-refractivity contribution in [2.24, 2.45) is 5.73 Å². The molecule has 6 nitrogen and oxygen atoms in total. The Morgan fingerprint density at radius 1 is 1.47 bits per heavy atom. The van der Waals surface area contributed by atoms with Gasteiger partial charge < -0.3 is 5.73 Å². The Morgan fingerprint density at radius 3 is 3.06 bits per heavy atom. The minimum atomic E-state index is -0.0683. The average Bonchev–Trinajstić information content (AvgIpc) is 2.79. The zero-order valence-corrected chi connectivity index (χ0v) is 9.28. The van der Waals surface area contributed by atoms with Crippen molar-refractivity contribution in [1.82, 2.24) is 20.0 Å². The van der Waals surface area contributed by atoms with Gasteiger partial charge in [-0.3, -0.25) is 14.5 Å². The molecule has 0 aromatic carbocycles. The Hall–Kier alpha value is -2.08. The molecular formula is C11H13N5O. The quantitative estimate of drug-likeness (QED) is 0.735. The highest BCUT2D eigenvalue weighted by Gasteiger charge is 2.11. The first kappa shape index (κ1) is 11.4. The standard InChI is InChI=1S/C11H13N5O/c12-3-5-16-8-10(14-15-16)11(17)6-9-2-1-4-13-7-9/h1-2,4,7-8H,3,5-6,12H2. The molecule has 17 heavy (non-hydrogen) atoms. The molecule has 88 valence electrons. The lowest BCUT2D eigenvalue weighted by atomic mass is 10.1. The summed E-state index contributed by atoms with van der Waals surface area (Å²) in [6.07, 6.45) is 5.24. The third kappa shape index (κ3) is 2.94. The van der Waals surface area contributed by atoms with Crippen molar-refractivity contribution < 1.29 is 4.79 Å². The molecule has 0 saturated heterocycles. The van der Waals surface area contributed by atoms with Crippen LogP contribution in [0.15, 0.2) is 30.7 Å². The van der Waals surface area contributed by atoms with Gasteiger partial charge in [-0.1, -0.05) is 11.3 Å². The molecule has 0 saturated carbocycles. The van der Waals surface area contributed by atoms with Gasteiger partial charge in [0.1, 0.15) is 5.69 Å². The zero-order valence-electron chi connectivity index (χ0n) is 9.28. The van der Waals surface area contributed by atoms with Crippen LogP contribution in [-0.4, -0.2) is 32.3 Å². The molecule has 0 unspecified atom stereocenters. The molecule has 6 heteroatoms. The molecule has 0 spiro atoms. The summed E-state index contributed by atoms with van der Waals surface area (Å²) in [6, 6.07) is 3.66. The summed E-state index contributed by atoms with van der Waals surface area (Å²) in [5.74, 6) is -0.0683. The number of hydrogen-bond acceptors (Lipinski definition) is 5. The molecule has 2 N–H and O–H groups in total. The summed E-state index contributed by atoms with van der Waals surface area (Å²) in [4.78, 5) is 15.8. The monoisotopic (exact) mass is 231 g/mol. The number of pyridine rings is 1. The van der Waals surface area contributed by atoms with E-state index in [9.17, 15) is 4.79 Å². The third-order valence-corrected chi connectivity index (χ3v) is 2.27. The van der Waals surface area contributed by atoms with Gasteiger partial charge in [-0.05, 0) is 11.6 Å². The number of aromatic nitrogens is 4. The minimum Gasteiger partial charge on any atom is -0.329 e. The van der Waals surface area contributed by atoms with Crippen LogP contribution in [0.1, 0.15) is 16.1 Å². The van der Waals surface area contributed by atoms with Gasteiger partial charge in [-0.25, -0.2) is 0 Å². The van der Waals surface area contributed by atoms with E-state index in [2.05, 4.69) is 15.3 Å². The van der Waals surface area contributed by atoms with Crippen molar-refractivity contribution in [2.45, 2.75) is 13.0 Å². The van der Waals surface area contributed by atoms with Crippen LogP contribution in [0, 0.1) is 0 Å². The van der Waals surface area contributed by atoms with Crippen molar-refractivity contribution in [1.29, 1.82) is 0 Å². The van der Waals surface area contributed by atoms with Gasteiger partial charge >= 0.3 is 0 Å². The van der Waals surface area contributed by atoms with Crippen molar-refractivity contribution in [3.8, 4) is 0 Å². The van der Waals surface area contributed by atoms with Crippen LogP contribution in [0.5, 0.6) is 0 Å². The molecule has 0 aliphatic heterocycles. The molecule has 2 rings (SSSR count). The Labute approximate surface area is 98.5 Å². The Balaban J connectivity index is 2.04. The Morgan fingerprint density at radius 2 is 2.35 bits per heavy atom. The second-order valence-corrected chi connectivity index (χ2v) is 3.62. The number of carbonyl (C=O) groups excluding carboxylic acids is 1. The molecule has 0 aliphatic rings. The molecule has 0 atom stereocenters. The fourth-order valence-corrected chi connectivity index (χ4v) is 1.45. The van der Waals surface area contributed by atoms with E-state index >= 15 is 0 Å². The second kappa shape index (κ2) is 5.31. The van der Waals surface area contributed by atoms with E-state index in [0.29, 0.717) is 18.8 Å². The lowest BCUT2D eigenvalue weighted by Gasteiger charge is -1.96. The molecule has 2 aromatic heterocycles. The van der Waals surface area contributed by atoms with Crippen molar-refractivity contribution in [3.05, 3.63) is 42.0 Å². The predicted octanol–water partition coefficient (Wildman–Crippen LogP) is 0.0572. The topological polar surface area (TPSA) is 86.7 Å². The molecule has 0 radical (unpaired) electrons. The first-order valence-electron chi connectivity index (χ1n) is 5.32. The minimum absolute atomic E-state index is 0.0683. The fourth-order valence-electron chi connectivity index (χ4n) is 1.45. The highest BCUT2D eigenvalue weighted by atomic mass is 16.1. The lowest BCUT2D eigenvalue weighted by Crippen LogP contribution is -2.10. The van der Waals surface area contributed by atoms with Crippen molar-refractivity contribution in [3.63, 3.8) is 0 Å². The Bertz CT molecular complexity index is 494. The fraction of sp³-hybridized carbons (Fsp3) is 0.273. The molecule has 2 aromatic rings. The van der Waals surface area contributed by atoms with E-state index in [1.165, 1.54) is 0 Å². The van der Waals surface area contributed by atoms with Gasteiger partial charge in [-0.15, -0.1) is 5.10 Å². The molecule has 0 amide bonds. The van der Waals surface area contributed by atoms with Crippen LogP contribution in [0.2, 0.25) is 0 Å². The van der Waals surface area contributed by atoms with Gasteiger partial charge in [0.25, 0.3) is 0 Å². The van der Waals surface area contributed by atoms with Gasteiger partial charge in [0.15, 0.2) is 5.78 Å². The van der Waals surface area contributed by atoms with E-state index in [0.717, 1.165) is 5.56 Å². The van der Waals surface area contributed by atoms with E-state index in [4.69, 9.17) is 5.73 Å². The zero-order chi connectivity index (χ0) is 12.1. The lowest BCUT2D eigenvalue weighted by molar-refractivity contribution is 0.0988.